The number of methoxy groups -OCH3 is 1. The summed E-state index contributed by atoms with van der Waals surface area (Å²) in [5.74, 6) is 0. The van der Waals surface area contributed by atoms with Crippen LogP contribution in [0.25, 0.3) is 0 Å². The molecule has 2 rings (SSSR count). The van der Waals surface area contributed by atoms with Crippen molar-refractivity contribution in [2.24, 2.45) is 0 Å². The maximum absolute atomic E-state index is 5.62. The van der Waals surface area contributed by atoms with Crippen LogP contribution in [0, 0.1) is 0 Å². The van der Waals surface area contributed by atoms with Crippen LogP contribution in [0.2, 0.25) is 0 Å². The number of hydrogen-bond donors (Lipinski definition) is 1. The Hall–Kier alpha value is -0.120. The minimum Gasteiger partial charge on any atom is -0.381 e. The zero-order valence-corrected chi connectivity index (χ0v) is 13.5. The standard InChI is InChI=1S/C16H32N2O/c1-6-16(4)11-17-15(2,3)12-18(16)13-8-7-9-14(10-13)19-5/h13-14,17H,6-12H2,1-5H3. The first-order valence-corrected chi connectivity index (χ1v) is 7.95. The fourth-order valence-corrected chi connectivity index (χ4v) is 3.72. The Morgan fingerprint density at radius 2 is 2.00 bits per heavy atom. The third kappa shape index (κ3) is 3.32. The van der Waals surface area contributed by atoms with Crippen LogP contribution < -0.4 is 5.32 Å². The van der Waals surface area contributed by atoms with Crippen molar-refractivity contribution in [2.75, 3.05) is 20.2 Å². The van der Waals surface area contributed by atoms with E-state index in [4.69, 9.17) is 4.74 Å². The van der Waals surface area contributed by atoms with Crippen LogP contribution in [-0.2, 0) is 4.74 Å². The first-order valence-electron chi connectivity index (χ1n) is 7.95. The number of piperazine rings is 1. The van der Waals surface area contributed by atoms with Crippen molar-refractivity contribution >= 4 is 0 Å². The average molecular weight is 268 g/mol. The molecule has 1 heterocycles. The lowest BCUT2D eigenvalue weighted by Crippen LogP contribution is -2.69. The van der Waals surface area contributed by atoms with Crippen molar-refractivity contribution < 1.29 is 4.74 Å². The largest absolute Gasteiger partial charge is 0.381 e. The average Bonchev–Trinajstić information content (AvgIpc) is 2.42. The van der Waals surface area contributed by atoms with Crippen molar-refractivity contribution in [1.29, 1.82) is 0 Å². The van der Waals surface area contributed by atoms with Crippen molar-refractivity contribution in [3.05, 3.63) is 0 Å². The molecule has 0 aromatic rings. The number of ether oxygens (including phenoxy) is 1. The molecule has 0 amide bonds. The molecule has 0 radical (unpaired) electrons. The Labute approximate surface area is 119 Å². The lowest BCUT2D eigenvalue weighted by molar-refractivity contribution is -0.0480. The molecule has 1 saturated heterocycles. The van der Waals surface area contributed by atoms with E-state index in [1.807, 2.05) is 7.11 Å². The molecule has 0 aromatic carbocycles. The van der Waals surface area contributed by atoms with Gasteiger partial charge in [-0.1, -0.05) is 6.92 Å². The lowest BCUT2D eigenvalue weighted by Gasteiger charge is -2.55. The summed E-state index contributed by atoms with van der Waals surface area (Å²) in [5.41, 5.74) is 0.532. The molecule has 3 nitrogen and oxygen atoms in total. The van der Waals surface area contributed by atoms with Gasteiger partial charge in [-0.15, -0.1) is 0 Å². The SMILES string of the molecule is CCC1(C)CNC(C)(C)CN1C1CCCC(OC)C1. The summed E-state index contributed by atoms with van der Waals surface area (Å²) in [7, 11) is 1.87. The molecular weight excluding hydrogens is 236 g/mol. The highest BCUT2D eigenvalue weighted by molar-refractivity contribution is 5.02. The van der Waals surface area contributed by atoms with E-state index < -0.39 is 0 Å². The van der Waals surface area contributed by atoms with Gasteiger partial charge in [0.25, 0.3) is 0 Å². The van der Waals surface area contributed by atoms with Crippen LogP contribution in [0.5, 0.6) is 0 Å². The Morgan fingerprint density at radius 1 is 1.26 bits per heavy atom. The van der Waals surface area contributed by atoms with Crippen LogP contribution in [0.4, 0.5) is 0 Å². The smallest absolute Gasteiger partial charge is 0.0586 e. The van der Waals surface area contributed by atoms with E-state index in [2.05, 4.69) is 37.9 Å². The zero-order valence-electron chi connectivity index (χ0n) is 13.5. The second-order valence-electron chi connectivity index (χ2n) is 7.39. The fraction of sp³-hybridized carbons (Fsp3) is 1.00. The van der Waals surface area contributed by atoms with Gasteiger partial charge in [0.15, 0.2) is 0 Å². The molecule has 1 aliphatic heterocycles. The quantitative estimate of drug-likeness (QED) is 0.852. The third-order valence-electron chi connectivity index (χ3n) is 5.34. The van der Waals surface area contributed by atoms with E-state index in [1.54, 1.807) is 0 Å². The molecule has 1 N–H and O–H groups in total. The van der Waals surface area contributed by atoms with Gasteiger partial charge in [0.2, 0.25) is 0 Å². The van der Waals surface area contributed by atoms with Gasteiger partial charge in [-0.05, 0) is 52.9 Å². The highest BCUT2D eigenvalue weighted by atomic mass is 16.5. The van der Waals surface area contributed by atoms with Gasteiger partial charge < -0.3 is 10.1 Å². The maximum atomic E-state index is 5.62. The number of rotatable bonds is 3. The van der Waals surface area contributed by atoms with Gasteiger partial charge in [-0.3, -0.25) is 4.90 Å². The van der Waals surface area contributed by atoms with E-state index in [0.29, 0.717) is 17.7 Å². The number of nitrogens with zero attached hydrogens (tertiary/aromatic N) is 1. The molecule has 2 aliphatic rings. The molecule has 3 unspecified atom stereocenters. The van der Waals surface area contributed by atoms with Gasteiger partial charge in [-0.2, -0.15) is 0 Å². The van der Waals surface area contributed by atoms with E-state index in [0.717, 1.165) is 13.1 Å². The van der Waals surface area contributed by atoms with Crippen molar-refractivity contribution in [1.82, 2.24) is 10.2 Å². The van der Waals surface area contributed by atoms with Crippen molar-refractivity contribution in [3.63, 3.8) is 0 Å². The second kappa shape index (κ2) is 5.71. The summed E-state index contributed by atoms with van der Waals surface area (Å²) in [6, 6.07) is 0.699. The minimum absolute atomic E-state index is 0.231. The van der Waals surface area contributed by atoms with E-state index in [1.165, 1.54) is 32.1 Å². The number of hydrogen-bond acceptors (Lipinski definition) is 3. The summed E-state index contributed by atoms with van der Waals surface area (Å²) >= 11 is 0. The Bertz CT molecular complexity index is 305. The molecular formula is C16H32N2O. The van der Waals surface area contributed by atoms with E-state index >= 15 is 0 Å². The van der Waals surface area contributed by atoms with Gasteiger partial charge in [0, 0.05) is 37.3 Å². The molecule has 0 bridgehead atoms. The molecule has 0 aromatic heterocycles. The van der Waals surface area contributed by atoms with E-state index in [-0.39, 0.29) is 5.54 Å². The molecule has 1 saturated carbocycles. The predicted octanol–water partition coefficient (Wildman–Crippen LogP) is 2.80. The van der Waals surface area contributed by atoms with Gasteiger partial charge in [0.1, 0.15) is 0 Å². The molecule has 0 spiro atoms. The topological polar surface area (TPSA) is 24.5 Å². The van der Waals surface area contributed by atoms with Crippen LogP contribution in [-0.4, -0.2) is 48.3 Å². The molecule has 1 aliphatic carbocycles. The fourth-order valence-electron chi connectivity index (χ4n) is 3.72. The van der Waals surface area contributed by atoms with Crippen LogP contribution in [0.1, 0.15) is 59.8 Å². The lowest BCUT2D eigenvalue weighted by atomic mass is 9.82. The molecule has 112 valence electrons. The molecule has 2 fully saturated rings. The van der Waals surface area contributed by atoms with Gasteiger partial charge in [0.05, 0.1) is 6.10 Å². The van der Waals surface area contributed by atoms with Crippen molar-refractivity contribution in [3.8, 4) is 0 Å². The Morgan fingerprint density at radius 3 is 2.63 bits per heavy atom. The van der Waals surface area contributed by atoms with Gasteiger partial charge >= 0.3 is 0 Å². The maximum Gasteiger partial charge on any atom is 0.0586 e. The summed E-state index contributed by atoms with van der Waals surface area (Å²) in [5, 5.41) is 3.72. The Kier molecular flexibility index (Phi) is 4.59. The Balaban J connectivity index is 2.13. The summed E-state index contributed by atoms with van der Waals surface area (Å²) < 4.78 is 5.62. The summed E-state index contributed by atoms with van der Waals surface area (Å²) in [4.78, 5) is 2.79. The predicted molar refractivity (Wildman–Crippen MR) is 80.5 cm³/mol. The van der Waals surface area contributed by atoms with Crippen LogP contribution in [0.15, 0.2) is 0 Å². The molecule has 19 heavy (non-hydrogen) atoms. The number of nitrogens with one attached hydrogen (secondary N) is 1. The first-order chi connectivity index (χ1) is 8.90. The third-order valence-corrected chi connectivity index (χ3v) is 5.34. The highest BCUT2D eigenvalue weighted by Gasteiger charge is 2.43. The van der Waals surface area contributed by atoms with Crippen LogP contribution in [0.3, 0.4) is 0 Å². The highest BCUT2D eigenvalue weighted by Crippen LogP contribution is 2.34. The minimum atomic E-state index is 0.231. The summed E-state index contributed by atoms with van der Waals surface area (Å²) in [6.07, 6.45) is 6.79. The second-order valence-corrected chi connectivity index (χ2v) is 7.39. The molecule has 3 atom stereocenters. The first kappa shape index (κ1) is 15.3. The van der Waals surface area contributed by atoms with Crippen LogP contribution >= 0.6 is 0 Å². The van der Waals surface area contributed by atoms with E-state index in [9.17, 15) is 0 Å². The summed E-state index contributed by atoms with van der Waals surface area (Å²) in [6.45, 7) is 11.6. The van der Waals surface area contributed by atoms with Gasteiger partial charge in [-0.25, -0.2) is 0 Å². The zero-order chi connectivity index (χ0) is 14.1. The van der Waals surface area contributed by atoms with Crippen molar-refractivity contribution in [2.45, 2.75) is 83.0 Å². The normalized spacial score (nSPS) is 40.3. The molecule has 3 heteroatoms. The monoisotopic (exact) mass is 268 g/mol.